The van der Waals surface area contributed by atoms with E-state index in [1.54, 1.807) is 19.0 Å². The number of carbonyl (C=O) groups is 1. The Morgan fingerprint density at radius 1 is 1.37 bits per heavy atom. The topological polar surface area (TPSA) is 66.4 Å². The van der Waals surface area contributed by atoms with Crippen molar-refractivity contribution in [3.63, 3.8) is 0 Å². The lowest BCUT2D eigenvalue weighted by atomic mass is 9.99. The molecule has 2 heterocycles. The summed E-state index contributed by atoms with van der Waals surface area (Å²) >= 11 is 0. The maximum absolute atomic E-state index is 12.1. The lowest BCUT2D eigenvalue weighted by molar-refractivity contribution is -0.127. The molecule has 0 spiro atoms. The van der Waals surface area contributed by atoms with Crippen LogP contribution in [0.5, 0.6) is 5.75 Å². The Morgan fingerprint density at radius 2 is 2.20 bits per heavy atom. The zero-order chi connectivity index (χ0) is 20.6. The predicted octanol–water partition coefficient (Wildman–Crippen LogP) is 2.52. The number of guanidine groups is 1. The Balaban J connectivity index is 0.00000320. The maximum atomic E-state index is 12.1. The van der Waals surface area contributed by atoms with E-state index in [0.29, 0.717) is 5.92 Å². The monoisotopic (exact) mass is 530 g/mol. The first-order valence-corrected chi connectivity index (χ1v) is 10.6. The molecule has 0 saturated carbocycles. The van der Waals surface area contributed by atoms with Gasteiger partial charge in [-0.2, -0.15) is 0 Å². The average molecular weight is 530 g/mol. The van der Waals surface area contributed by atoms with Gasteiger partial charge in [-0.15, -0.1) is 24.0 Å². The first-order valence-electron chi connectivity index (χ1n) is 10.6. The number of nitrogens with one attached hydrogen (secondary N) is 1. The van der Waals surface area contributed by atoms with E-state index in [1.807, 2.05) is 6.07 Å². The van der Waals surface area contributed by atoms with Crippen LogP contribution in [0.15, 0.2) is 23.2 Å². The van der Waals surface area contributed by atoms with Crippen molar-refractivity contribution in [2.75, 3.05) is 53.6 Å². The number of ether oxygens (including phenoxy) is 2. The van der Waals surface area contributed by atoms with Gasteiger partial charge in [0.25, 0.3) is 0 Å². The molecule has 1 atom stereocenters. The highest BCUT2D eigenvalue weighted by atomic mass is 127. The van der Waals surface area contributed by atoms with Gasteiger partial charge in [-0.1, -0.05) is 13.0 Å². The van der Waals surface area contributed by atoms with Crippen molar-refractivity contribution in [2.45, 2.75) is 32.7 Å². The molecule has 1 unspecified atom stereocenters. The summed E-state index contributed by atoms with van der Waals surface area (Å²) in [5.41, 5.74) is 2.63. The first-order chi connectivity index (χ1) is 14.1. The first kappa shape index (κ1) is 24.7. The lowest BCUT2D eigenvalue weighted by Gasteiger charge is -2.32. The van der Waals surface area contributed by atoms with Crippen LogP contribution in [0.25, 0.3) is 0 Å². The quantitative estimate of drug-likeness (QED) is 0.334. The Hall–Kier alpha value is -1.55. The van der Waals surface area contributed by atoms with Gasteiger partial charge in [-0.25, -0.2) is 4.99 Å². The average Bonchev–Trinajstić information content (AvgIpc) is 3.25. The normalized spacial score (nSPS) is 18.4. The van der Waals surface area contributed by atoms with Crippen LogP contribution in [0.2, 0.25) is 0 Å². The molecule has 8 heteroatoms. The Kier molecular flexibility index (Phi) is 10.2. The molecule has 1 saturated heterocycles. The molecule has 168 valence electrons. The highest BCUT2D eigenvalue weighted by molar-refractivity contribution is 14.0. The summed E-state index contributed by atoms with van der Waals surface area (Å²) in [6.07, 6.45) is 3.02. The molecule has 0 aliphatic carbocycles. The number of amides is 1. The summed E-state index contributed by atoms with van der Waals surface area (Å²) in [6, 6.07) is 6.37. The Bertz CT molecular complexity index is 720. The van der Waals surface area contributed by atoms with E-state index in [0.717, 1.165) is 70.4 Å². The molecule has 0 aromatic heterocycles. The third-order valence-corrected chi connectivity index (χ3v) is 5.40. The summed E-state index contributed by atoms with van der Waals surface area (Å²) in [6.45, 7) is 7.11. The number of benzene rings is 1. The molecular formula is C22H35IN4O3. The highest BCUT2D eigenvalue weighted by Crippen LogP contribution is 2.24. The SMILES string of the molecule is CCCOc1ccc2c(c1)CCN(C(=NCC(=O)N(C)C)NCC1CCOC1)C2.I. The van der Waals surface area contributed by atoms with Gasteiger partial charge in [-0.05, 0) is 42.5 Å². The van der Waals surface area contributed by atoms with Crippen LogP contribution in [-0.2, 0) is 22.5 Å². The second-order valence-electron chi connectivity index (χ2n) is 7.99. The molecule has 0 radical (unpaired) electrons. The largest absolute Gasteiger partial charge is 0.494 e. The number of rotatable bonds is 7. The Morgan fingerprint density at radius 3 is 2.90 bits per heavy atom. The van der Waals surface area contributed by atoms with E-state index >= 15 is 0 Å². The van der Waals surface area contributed by atoms with E-state index in [1.165, 1.54) is 11.1 Å². The van der Waals surface area contributed by atoms with Crippen molar-refractivity contribution < 1.29 is 14.3 Å². The van der Waals surface area contributed by atoms with Crippen molar-refractivity contribution in [3.05, 3.63) is 29.3 Å². The molecule has 30 heavy (non-hydrogen) atoms. The van der Waals surface area contributed by atoms with Crippen molar-refractivity contribution in [3.8, 4) is 5.75 Å². The summed E-state index contributed by atoms with van der Waals surface area (Å²) in [5, 5.41) is 3.50. The van der Waals surface area contributed by atoms with Crippen LogP contribution in [-0.4, -0.2) is 75.2 Å². The smallest absolute Gasteiger partial charge is 0.243 e. The van der Waals surface area contributed by atoms with Crippen LogP contribution in [0.4, 0.5) is 0 Å². The zero-order valence-electron chi connectivity index (χ0n) is 18.4. The maximum Gasteiger partial charge on any atom is 0.243 e. The number of hydrogen-bond donors (Lipinski definition) is 1. The molecule has 3 rings (SSSR count). The molecule has 0 bridgehead atoms. The minimum atomic E-state index is 0. The van der Waals surface area contributed by atoms with E-state index in [2.05, 4.69) is 34.3 Å². The van der Waals surface area contributed by atoms with Crippen molar-refractivity contribution >= 4 is 35.8 Å². The second-order valence-corrected chi connectivity index (χ2v) is 7.99. The van der Waals surface area contributed by atoms with Crippen molar-refractivity contribution in [1.29, 1.82) is 0 Å². The summed E-state index contributed by atoms with van der Waals surface area (Å²) < 4.78 is 11.3. The van der Waals surface area contributed by atoms with Gasteiger partial charge >= 0.3 is 0 Å². The number of halogens is 1. The number of aliphatic imine (C=N–C) groups is 1. The molecule has 1 amide bonds. The van der Waals surface area contributed by atoms with Gasteiger partial charge in [0.15, 0.2) is 5.96 Å². The summed E-state index contributed by atoms with van der Waals surface area (Å²) in [5.74, 6) is 2.26. The van der Waals surface area contributed by atoms with Crippen molar-refractivity contribution in [1.82, 2.24) is 15.1 Å². The van der Waals surface area contributed by atoms with Gasteiger partial charge in [-0.3, -0.25) is 4.79 Å². The fourth-order valence-corrected chi connectivity index (χ4v) is 3.55. The van der Waals surface area contributed by atoms with Crippen LogP contribution in [0.3, 0.4) is 0 Å². The fraction of sp³-hybridized carbons (Fsp3) is 0.636. The molecule has 1 fully saturated rings. The number of hydrogen-bond acceptors (Lipinski definition) is 4. The van der Waals surface area contributed by atoms with Crippen LogP contribution >= 0.6 is 24.0 Å². The number of likely N-dealkylation sites (N-methyl/N-ethyl adjacent to an activating group) is 1. The molecular weight excluding hydrogens is 495 g/mol. The number of carbonyl (C=O) groups excluding carboxylic acids is 1. The van der Waals surface area contributed by atoms with E-state index in [4.69, 9.17) is 9.47 Å². The molecule has 1 N–H and O–H groups in total. The lowest BCUT2D eigenvalue weighted by Crippen LogP contribution is -2.46. The third-order valence-electron chi connectivity index (χ3n) is 5.40. The third kappa shape index (κ3) is 7.01. The minimum absolute atomic E-state index is 0. The van der Waals surface area contributed by atoms with Crippen LogP contribution in [0.1, 0.15) is 30.9 Å². The fourth-order valence-electron chi connectivity index (χ4n) is 3.55. The number of nitrogens with zero attached hydrogens (tertiary/aromatic N) is 3. The summed E-state index contributed by atoms with van der Waals surface area (Å²) in [4.78, 5) is 20.5. The van der Waals surface area contributed by atoms with Gasteiger partial charge in [0.05, 0.1) is 13.2 Å². The minimum Gasteiger partial charge on any atom is -0.494 e. The number of fused-ring (bicyclic) bond motifs is 1. The van der Waals surface area contributed by atoms with Crippen molar-refractivity contribution in [2.24, 2.45) is 10.9 Å². The molecule has 1 aromatic carbocycles. The standard InChI is InChI=1S/C22H34N4O3.HI/c1-4-10-29-20-6-5-19-15-26(9-7-18(19)12-20)22(24-14-21(27)25(2)3)23-13-17-8-11-28-16-17;/h5-6,12,17H,4,7-11,13-16H2,1-3H3,(H,23,24);1H. The summed E-state index contributed by atoms with van der Waals surface area (Å²) in [7, 11) is 3.52. The van der Waals surface area contributed by atoms with E-state index in [-0.39, 0.29) is 36.4 Å². The van der Waals surface area contributed by atoms with Gasteiger partial charge in [0, 0.05) is 46.3 Å². The van der Waals surface area contributed by atoms with E-state index < -0.39 is 0 Å². The second kappa shape index (κ2) is 12.3. The van der Waals surface area contributed by atoms with Gasteiger partial charge < -0.3 is 24.6 Å². The molecule has 7 nitrogen and oxygen atoms in total. The molecule has 2 aliphatic rings. The van der Waals surface area contributed by atoms with Gasteiger partial charge in [0.2, 0.25) is 5.91 Å². The van der Waals surface area contributed by atoms with Crippen LogP contribution < -0.4 is 10.1 Å². The Labute approximate surface area is 197 Å². The predicted molar refractivity (Wildman–Crippen MR) is 130 cm³/mol. The molecule has 2 aliphatic heterocycles. The van der Waals surface area contributed by atoms with E-state index in [9.17, 15) is 4.79 Å². The highest BCUT2D eigenvalue weighted by Gasteiger charge is 2.22. The zero-order valence-corrected chi connectivity index (χ0v) is 20.7. The molecule has 1 aromatic rings. The van der Waals surface area contributed by atoms with Gasteiger partial charge in [0.1, 0.15) is 12.3 Å². The van der Waals surface area contributed by atoms with Crippen LogP contribution in [0, 0.1) is 5.92 Å².